The number of hydrogen-bond acceptors (Lipinski definition) is 2. The van der Waals surface area contributed by atoms with E-state index in [-0.39, 0.29) is 12.1 Å². The van der Waals surface area contributed by atoms with E-state index in [1.165, 1.54) is 5.56 Å². The minimum atomic E-state index is -0.324. The number of nitrogens with one attached hydrogen (secondary N) is 1. The number of hydrogen-bond donors (Lipinski definition) is 1. The lowest BCUT2D eigenvalue weighted by Crippen LogP contribution is -2.18. The first kappa shape index (κ1) is 9.06. The van der Waals surface area contributed by atoms with Gasteiger partial charge in [-0.25, -0.2) is 4.79 Å². The van der Waals surface area contributed by atoms with Gasteiger partial charge in [-0.15, -0.1) is 0 Å². The van der Waals surface area contributed by atoms with E-state index in [0.29, 0.717) is 6.61 Å². The summed E-state index contributed by atoms with van der Waals surface area (Å²) in [6.45, 7) is 2.56. The first-order chi connectivity index (χ1) is 6.79. The summed E-state index contributed by atoms with van der Waals surface area (Å²) in [5, 5.41) is 2.75. The molecule has 1 amide bonds. The number of alkyl carbamates (subject to hydrolysis) is 1. The molecule has 0 aliphatic carbocycles. The molecule has 0 spiro atoms. The molecule has 0 radical (unpaired) electrons. The van der Waals surface area contributed by atoms with Gasteiger partial charge in [0, 0.05) is 0 Å². The molecule has 74 valence electrons. The molecule has 1 saturated heterocycles. The van der Waals surface area contributed by atoms with Gasteiger partial charge < -0.3 is 10.1 Å². The summed E-state index contributed by atoms with van der Waals surface area (Å²) in [6, 6.07) is 8.27. The van der Waals surface area contributed by atoms with E-state index in [0.717, 1.165) is 12.0 Å². The van der Waals surface area contributed by atoms with Gasteiger partial charge in [0.1, 0.15) is 6.61 Å². The molecule has 0 unspecified atom stereocenters. The molecule has 0 aromatic heterocycles. The first-order valence-electron chi connectivity index (χ1n) is 4.81. The fraction of sp³-hybridized carbons (Fsp3) is 0.364. The number of ether oxygens (including phenoxy) is 1. The highest BCUT2D eigenvalue weighted by molar-refractivity contribution is 5.70. The molecule has 1 aromatic rings. The van der Waals surface area contributed by atoms with Crippen LogP contribution in [0.5, 0.6) is 0 Å². The van der Waals surface area contributed by atoms with E-state index in [1.54, 1.807) is 0 Å². The molecule has 2 rings (SSSR count). The molecular formula is C11H13NO2. The number of rotatable bonds is 2. The van der Waals surface area contributed by atoms with Gasteiger partial charge in [0.25, 0.3) is 0 Å². The smallest absolute Gasteiger partial charge is 0.407 e. The van der Waals surface area contributed by atoms with Gasteiger partial charge in [0.2, 0.25) is 0 Å². The second kappa shape index (κ2) is 3.70. The fourth-order valence-corrected chi connectivity index (χ4v) is 1.55. The van der Waals surface area contributed by atoms with Crippen molar-refractivity contribution in [2.75, 3.05) is 6.61 Å². The first-order valence-corrected chi connectivity index (χ1v) is 4.81. The van der Waals surface area contributed by atoms with Crippen LogP contribution in [0, 0.1) is 0 Å². The number of carbonyl (C=O) groups excluding carboxylic acids is 1. The van der Waals surface area contributed by atoms with Crippen molar-refractivity contribution in [2.24, 2.45) is 0 Å². The van der Waals surface area contributed by atoms with E-state index < -0.39 is 0 Å². The molecule has 14 heavy (non-hydrogen) atoms. The third kappa shape index (κ3) is 1.71. The van der Waals surface area contributed by atoms with Crippen LogP contribution in [0.2, 0.25) is 0 Å². The Balaban J connectivity index is 2.13. The van der Waals surface area contributed by atoms with Gasteiger partial charge in [-0.05, 0) is 17.5 Å². The van der Waals surface area contributed by atoms with Crippen molar-refractivity contribution in [1.82, 2.24) is 5.32 Å². The Hall–Kier alpha value is -1.51. The largest absolute Gasteiger partial charge is 0.447 e. The average Bonchev–Trinajstić information content (AvgIpc) is 2.65. The second-order valence-electron chi connectivity index (χ2n) is 3.39. The van der Waals surface area contributed by atoms with Crippen molar-refractivity contribution in [2.45, 2.75) is 19.4 Å². The zero-order valence-corrected chi connectivity index (χ0v) is 8.12. The SMILES string of the molecule is CCc1ccc([C@H]2COC(=O)N2)cc1. The molecule has 3 heteroatoms. The summed E-state index contributed by atoms with van der Waals surface area (Å²) in [6.07, 6.45) is 0.711. The molecule has 0 bridgehead atoms. The summed E-state index contributed by atoms with van der Waals surface area (Å²) >= 11 is 0. The zero-order chi connectivity index (χ0) is 9.97. The van der Waals surface area contributed by atoms with E-state index in [4.69, 9.17) is 4.74 Å². The van der Waals surface area contributed by atoms with E-state index in [9.17, 15) is 4.79 Å². The van der Waals surface area contributed by atoms with Crippen molar-refractivity contribution in [1.29, 1.82) is 0 Å². The highest BCUT2D eigenvalue weighted by atomic mass is 16.6. The predicted octanol–water partition coefficient (Wildman–Crippen LogP) is 2.03. The zero-order valence-electron chi connectivity index (χ0n) is 8.12. The van der Waals surface area contributed by atoms with Gasteiger partial charge >= 0.3 is 6.09 Å². The summed E-state index contributed by atoms with van der Waals surface area (Å²) in [5.41, 5.74) is 2.41. The van der Waals surface area contributed by atoms with Crippen LogP contribution in [-0.4, -0.2) is 12.7 Å². The van der Waals surface area contributed by atoms with Gasteiger partial charge in [0.15, 0.2) is 0 Å². The minimum absolute atomic E-state index is 0.0217. The number of benzene rings is 1. The monoisotopic (exact) mass is 191 g/mol. The summed E-state index contributed by atoms with van der Waals surface area (Å²) < 4.78 is 4.83. The van der Waals surface area contributed by atoms with E-state index in [2.05, 4.69) is 24.4 Å². The molecule has 1 atom stereocenters. The van der Waals surface area contributed by atoms with Gasteiger partial charge in [-0.1, -0.05) is 31.2 Å². The standard InChI is InChI=1S/C11H13NO2/c1-2-8-3-5-9(6-4-8)10-7-14-11(13)12-10/h3-6,10H,2,7H2,1H3,(H,12,13)/t10-/m1/s1. The van der Waals surface area contributed by atoms with Crippen LogP contribution in [0.4, 0.5) is 4.79 Å². The van der Waals surface area contributed by atoms with Crippen molar-refractivity contribution < 1.29 is 9.53 Å². The van der Waals surface area contributed by atoms with Crippen molar-refractivity contribution >= 4 is 6.09 Å². The molecule has 1 N–H and O–H groups in total. The summed E-state index contributed by atoms with van der Waals surface area (Å²) in [5.74, 6) is 0. The molecular weight excluding hydrogens is 178 g/mol. The van der Waals surface area contributed by atoms with Crippen LogP contribution < -0.4 is 5.32 Å². The maximum absolute atomic E-state index is 10.8. The van der Waals surface area contributed by atoms with Gasteiger partial charge in [0.05, 0.1) is 6.04 Å². The van der Waals surface area contributed by atoms with Crippen LogP contribution in [-0.2, 0) is 11.2 Å². The quantitative estimate of drug-likeness (QED) is 0.776. The summed E-state index contributed by atoms with van der Waals surface area (Å²) in [4.78, 5) is 10.8. The highest BCUT2D eigenvalue weighted by Crippen LogP contribution is 2.18. The molecule has 1 fully saturated rings. The van der Waals surface area contributed by atoms with Crippen molar-refractivity contribution in [3.05, 3.63) is 35.4 Å². The Kier molecular flexibility index (Phi) is 2.39. The Morgan fingerprint density at radius 1 is 1.43 bits per heavy atom. The molecule has 1 aliphatic heterocycles. The third-order valence-corrected chi connectivity index (χ3v) is 2.46. The third-order valence-electron chi connectivity index (χ3n) is 2.46. The van der Waals surface area contributed by atoms with Crippen LogP contribution >= 0.6 is 0 Å². The lowest BCUT2D eigenvalue weighted by Gasteiger charge is -2.07. The normalized spacial score (nSPS) is 20.4. The fourth-order valence-electron chi connectivity index (χ4n) is 1.55. The maximum atomic E-state index is 10.8. The minimum Gasteiger partial charge on any atom is -0.447 e. The van der Waals surface area contributed by atoms with Crippen molar-refractivity contribution in [3.8, 4) is 0 Å². The summed E-state index contributed by atoms with van der Waals surface area (Å²) in [7, 11) is 0. The number of carbonyl (C=O) groups is 1. The van der Waals surface area contributed by atoms with Crippen LogP contribution in [0.3, 0.4) is 0 Å². The van der Waals surface area contributed by atoms with Crippen LogP contribution in [0.15, 0.2) is 24.3 Å². The number of aryl methyl sites for hydroxylation is 1. The topological polar surface area (TPSA) is 38.3 Å². The van der Waals surface area contributed by atoms with E-state index >= 15 is 0 Å². The van der Waals surface area contributed by atoms with Crippen LogP contribution in [0.25, 0.3) is 0 Å². The number of amides is 1. The lowest BCUT2D eigenvalue weighted by atomic mass is 10.1. The average molecular weight is 191 g/mol. The predicted molar refractivity (Wildman–Crippen MR) is 53.0 cm³/mol. The molecule has 0 saturated carbocycles. The lowest BCUT2D eigenvalue weighted by molar-refractivity contribution is 0.177. The molecule has 1 aliphatic rings. The van der Waals surface area contributed by atoms with E-state index in [1.807, 2.05) is 12.1 Å². The highest BCUT2D eigenvalue weighted by Gasteiger charge is 2.23. The molecule has 1 heterocycles. The van der Waals surface area contributed by atoms with Gasteiger partial charge in [-0.2, -0.15) is 0 Å². The number of cyclic esters (lactones) is 1. The molecule has 3 nitrogen and oxygen atoms in total. The van der Waals surface area contributed by atoms with Crippen molar-refractivity contribution in [3.63, 3.8) is 0 Å². The second-order valence-corrected chi connectivity index (χ2v) is 3.39. The van der Waals surface area contributed by atoms with Gasteiger partial charge in [-0.3, -0.25) is 0 Å². The Bertz CT molecular complexity index is 332. The molecule has 1 aromatic carbocycles. The Morgan fingerprint density at radius 3 is 2.64 bits per heavy atom. The maximum Gasteiger partial charge on any atom is 0.407 e. The van der Waals surface area contributed by atoms with Crippen LogP contribution in [0.1, 0.15) is 24.1 Å². The Morgan fingerprint density at radius 2 is 2.14 bits per heavy atom. The Labute approximate surface area is 83.1 Å².